The standard InChI is InChI=1S/C21H32/c1-15(5-6-16-7-8-16)13-18-14-20(18)17-9-11-19(12-10-17)21(2,3)4/h9-11,13,16,18-20H,5-8,12,14H2,1-4H3/b15-13+. The highest BCUT2D eigenvalue weighted by Gasteiger charge is 2.38. The van der Waals surface area contributed by atoms with Gasteiger partial charge in [0, 0.05) is 0 Å². The van der Waals surface area contributed by atoms with E-state index in [4.69, 9.17) is 0 Å². The van der Waals surface area contributed by atoms with Crippen molar-refractivity contribution >= 4 is 0 Å². The Labute approximate surface area is 131 Å². The van der Waals surface area contributed by atoms with E-state index in [1.807, 2.05) is 0 Å². The Morgan fingerprint density at radius 1 is 1.29 bits per heavy atom. The molecule has 0 radical (unpaired) electrons. The molecule has 3 atom stereocenters. The molecule has 0 heterocycles. The molecule has 3 aliphatic carbocycles. The maximum atomic E-state index is 2.58. The molecule has 0 N–H and O–H groups in total. The van der Waals surface area contributed by atoms with Crippen LogP contribution in [0.4, 0.5) is 0 Å². The van der Waals surface area contributed by atoms with E-state index in [-0.39, 0.29) is 0 Å². The zero-order valence-corrected chi connectivity index (χ0v) is 14.4. The minimum absolute atomic E-state index is 0.404. The first-order valence-electron chi connectivity index (χ1n) is 8.99. The van der Waals surface area contributed by atoms with Gasteiger partial charge in [0.05, 0.1) is 0 Å². The molecule has 3 aliphatic rings. The van der Waals surface area contributed by atoms with Gasteiger partial charge in [0.15, 0.2) is 0 Å². The first kappa shape index (κ1) is 15.1. The summed E-state index contributed by atoms with van der Waals surface area (Å²) in [6.07, 6.45) is 18.4. The van der Waals surface area contributed by atoms with Crippen LogP contribution in [0.5, 0.6) is 0 Å². The topological polar surface area (TPSA) is 0 Å². The van der Waals surface area contributed by atoms with Crippen LogP contribution >= 0.6 is 0 Å². The van der Waals surface area contributed by atoms with Crippen LogP contribution in [0.2, 0.25) is 0 Å². The number of hydrogen-bond acceptors (Lipinski definition) is 0. The van der Waals surface area contributed by atoms with Gasteiger partial charge in [0.1, 0.15) is 0 Å². The van der Waals surface area contributed by atoms with E-state index in [0.717, 1.165) is 17.8 Å². The van der Waals surface area contributed by atoms with Crippen molar-refractivity contribution in [2.45, 2.75) is 66.2 Å². The van der Waals surface area contributed by atoms with Gasteiger partial charge in [-0.2, -0.15) is 0 Å². The van der Waals surface area contributed by atoms with E-state index < -0.39 is 0 Å². The van der Waals surface area contributed by atoms with E-state index in [0.29, 0.717) is 11.3 Å². The molecular weight excluding hydrogens is 252 g/mol. The van der Waals surface area contributed by atoms with Gasteiger partial charge >= 0.3 is 0 Å². The molecule has 116 valence electrons. The van der Waals surface area contributed by atoms with Crippen LogP contribution in [0.1, 0.15) is 66.2 Å². The molecule has 0 aromatic rings. The molecule has 2 saturated carbocycles. The van der Waals surface area contributed by atoms with E-state index in [1.165, 1.54) is 38.5 Å². The highest BCUT2D eigenvalue weighted by atomic mass is 14.4. The number of allylic oxidation sites excluding steroid dienone is 6. The third-order valence-electron chi connectivity index (χ3n) is 5.65. The van der Waals surface area contributed by atoms with Gasteiger partial charge in [0.25, 0.3) is 0 Å². The molecule has 21 heavy (non-hydrogen) atoms. The Bertz CT molecular complexity index is 465. The summed E-state index contributed by atoms with van der Waals surface area (Å²) in [5.74, 6) is 3.46. The molecule has 0 amide bonds. The zero-order valence-electron chi connectivity index (χ0n) is 14.4. The Hall–Kier alpha value is -0.780. The van der Waals surface area contributed by atoms with E-state index in [9.17, 15) is 0 Å². The summed E-state index contributed by atoms with van der Waals surface area (Å²) < 4.78 is 0. The third kappa shape index (κ3) is 4.11. The van der Waals surface area contributed by atoms with Crippen molar-refractivity contribution in [1.82, 2.24) is 0 Å². The Morgan fingerprint density at radius 2 is 2.05 bits per heavy atom. The van der Waals surface area contributed by atoms with Gasteiger partial charge < -0.3 is 0 Å². The largest absolute Gasteiger partial charge is 0.0819 e. The summed E-state index contributed by atoms with van der Waals surface area (Å²) >= 11 is 0. The lowest BCUT2D eigenvalue weighted by atomic mass is 9.76. The van der Waals surface area contributed by atoms with E-state index >= 15 is 0 Å². The van der Waals surface area contributed by atoms with Gasteiger partial charge in [-0.05, 0) is 67.3 Å². The van der Waals surface area contributed by atoms with Crippen LogP contribution in [0, 0.1) is 29.1 Å². The fraction of sp³-hybridized carbons (Fsp3) is 0.714. The second kappa shape index (κ2) is 5.78. The SMILES string of the molecule is C/C(=C\C1CC1C1=CCC(C(C)(C)C)C=C1)CCC1CC1. The van der Waals surface area contributed by atoms with Crippen molar-refractivity contribution < 1.29 is 0 Å². The molecule has 0 aliphatic heterocycles. The highest BCUT2D eigenvalue weighted by Crippen LogP contribution is 2.48. The highest BCUT2D eigenvalue weighted by molar-refractivity contribution is 5.33. The van der Waals surface area contributed by atoms with Crippen LogP contribution in [-0.4, -0.2) is 0 Å². The Morgan fingerprint density at radius 3 is 2.62 bits per heavy atom. The summed E-state index contributed by atoms with van der Waals surface area (Å²) in [6.45, 7) is 9.41. The average Bonchev–Trinajstić information content (AvgIpc) is 3.31. The summed E-state index contributed by atoms with van der Waals surface area (Å²) in [5.41, 5.74) is 3.66. The molecule has 0 saturated heterocycles. The molecule has 0 aromatic carbocycles. The van der Waals surface area contributed by atoms with Gasteiger partial charge in [-0.15, -0.1) is 0 Å². The lowest BCUT2D eigenvalue weighted by Gasteiger charge is -2.29. The second-order valence-electron chi connectivity index (χ2n) is 8.77. The van der Waals surface area contributed by atoms with Crippen LogP contribution in [-0.2, 0) is 0 Å². The summed E-state index contributed by atoms with van der Waals surface area (Å²) in [7, 11) is 0. The summed E-state index contributed by atoms with van der Waals surface area (Å²) in [5, 5.41) is 0. The lowest BCUT2D eigenvalue weighted by Crippen LogP contribution is -2.19. The van der Waals surface area contributed by atoms with Crippen molar-refractivity contribution in [3.8, 4) is 0 Å². The molecule has 0 nitrogen and oxygen atoms in total. The number of rotatable bonds is 5. The molecule has 2 fully saturated rings. The fourth-order valence-electron chi connectivity index (χ4n) is 3.62. The zero-order chi connectivity index (χ0) is 15.0. The van der Waals surface area contributed by atoms with E-state index in [2.05, 4.69) is 52.0 Å². The van der Waals surface area contributed by atoms with Crippen molar-refractivity contribution in [2.75, 3.05) is 0 Å². The van der Waals surface area contributed by atoms with Crippen molar-refractivity contribution in [2.24, 2.45) is 29.1 Å². The van der Waals surface area contributed by atoms with E-state index in [1.54, 1.807) is 11.1 Å². The number of hydrogen-bond donors (Lipinski definition) is 0. The van der Waals surface area contributed by atoms with Crippen LogP contribution in [0.15, 0.2) is 35.5 Å². The normalized spacial score (nSPS) is 33.0. The molecular formula is C21H32. The van der Waals surface area contributed by atoms with Crippen LogP contribution in [0.3, 0.4) is 0 Å². The molecule has 3 unspecified atom stereocenters. The van der Waals surface area contributed by atoms with Gasteiger partial charge in [-0.25, -0.2) is 0 Å². The first-order valence-corrected chi connectivity index (χ1v) is 8.99. The molecule has 0 bridgehead atoms. The van der Waals surface area contributed by atoms with Crippen molar-refractivity contribution in [3.63, 3.8) is 0 Å². The van der Waals surface area contributed by atoms with Crippen molar-refractivity contribution in [3.05, 3.63) is 35.5 Å². The van der Waals surface area contributed by atoms with Gasteiger partial charge in [-0.1, -0.05) is 63.5 Å². The fourth-order valence-corrected chi connectivity index (χ4v) is 3.62. The molecule has 0 heteroatoms. The minimum Gasteiger partial charge on any atom is -0.0819 e. The average molecular weight is 284 g/mol. The third-order valence-corrected chi connectivity index (χ3v) is 5.65. The molecule has 0 aromatic heterocycles. The Kier molecular flexibility index (Phi) is 4.17. The smallest absolute Gasteiger partial charge is 0.00961 e. The summed E-state index contributed by atoms with van der Waals surface area (Å²) in [4.78, 5) is 0. The second-order valence-corrected chi connectivity index (χ2v) is 8.77. The maximum Gasteiger partial charge on any atom is -0.00961 e. The Balaban J connectivity index is 1.48. The first-order chi connectivity index (χ1) is 9.93. The molecule has 3 rings (SSSR count). The van der Waals surface area contributed by atoms with Gasteiger partial charge in [-0.3, -0.25) is 0 Å². The predicted octanol–water partition coefficient (Wildman–Crippen LogP) is 6.31. The van der Waals surface area contributed by atoms with Crippen LogP contribution < -0.4 is 0 Å². The quantitative estimate of drug-likeness (QED) is 0.519. The van der Waals surface area contributed by atoms with Gasteiger partial charge in [0.2, 0.25) is 0 Å². The summed E-state index contributed by atoms with van der Waals surface area (Å²) in [6, 6.07) is 0. The maximum absolute atomic E-state index is 2.58. The van der Waals surface area contributed by atoms with Crippen molar-refractivity contribution in [1.29, 1.82) is 0 Å². The van der Waals surface area contributed by atoms with Crippen LogP contribution in [0.25, 0.3) is 0 Å². The predicted molar refractivity (Wildman–Crippen MR) is 92.1 cm³/mol. The minimum atomic E-state index is 0.404. The molecule has 0 spiro atoms. The lowest BCUT2D eigenvalue weighted by molar-refractivity contribution is 0.292. The monoisotopic (exact) mass is 284 g/mol.